The van der Waals surface area contributed by atoms with Crippen LogP contribution in [0.25, 0.3) is 0 Å². The van der Waals surface area contributed by atoms with Gasteiger partial charge in [0.25, 0.3) is 0 Å². The van der Waals surface area contributed by atoms with Gasteiger partial charge in [0.2, 0.25) is 0 Å². The Morgan fingerprint density at radius 2 is 1.71 bits per heavy atom. The van der Waals surface area contributed by atoms with E-state index < -0.39 is 0 Å². The topological polar surface area (TPSA) is 22.6 Å². The number of hydrogen-bond donors (Lipinski definition) is 0. The Morgan fingerprint density at radius 1 is 1.04 bits per heavy atom. The van der Waals surface area contributed by atoms with Crippen LogP contribution in [0.15, 0.2) is 36.5 Å². The number of piperazine rings is 1. The van der Waals surface area contributed by atoms with Crippen LogP contribution in [0, 0.1) is 0 Å². The van der Waals surface area contributed by atoms with E-state index in [1.165, 1.54) is 41.6 Å². The molecule has 0 radical (unpaired) electrons. The third-order valence-electron chi connectivity index (χ3n) is 4.76. The second-order valence-electron chi connectivity index (χ2n) is 6.91. The zero-order chi connectivity index (χ0) is 17.5. The summed E-state index contributed by atoms with van der Waals surface area (Å²) < 4.78 is 0. The maximum Gasteiger partial charge on any atom is 0.185 e. The highest BCUT2D eigenvalue weighted by molar-refractivity contribution is 8.93. The molecular formula is C20H33Br3N4S. The van der Waals surface area contributed by atoms with Gasteiger partial charge in [0.1, 0.15) is 0 Å². The van der Waals surface area contributed by atoms with Crippen LogP contribution in [0.1, 0.15) is 23.8 Å². The lowest BCUT2D eigenvalue weighted by atomic mass is 10.2. The molecule has 1 fully saturated rings. The van der Waals surface area contributed by atoms with Crippen molar-refractivity contribution in [3.8, 4) is 0 Å². The minimum Gasteiger partial charge on any atom is -0.346 e. The summed E-state index contributed by atoms with van der Waals surface area (Å²) in [4.78, 5) is 13.5. The van der Waals surface area contributed by atoms with E-state index >= 15 is 0 Å². The Hall–Kier alpha value is 0.01000. The van der Waals surface area contributed by atoms with Gasteiger partial charge in [-0.3, -0.25) is 4.90 Å². The van der Waals surface area contributed by atoms with Gasteiger partial charge >= 0.3 is 0 Å². The van der Waals surface area contributed by atoms with E-state index in [9.17, 15) is 0 Å². The van der Waals surface area contributed by atoms with E-state index in [1.54, 1.807) is 0 Å². The molecule has 160 valence electrons. The normalized spacial score (nSPS) is 14.2. The highest BCUT2D eigenvalue weighted by atomic mass is 79.9. The van der Waals surface area contributed by atoms with Crippen LogP contribution < -0.4 is 4.90 Å². The van der Waals surface area contributed by atoms with Gasteiger partial charge in [0.05, 0.1) is 0 Å². The van der Waals surface area contributed by atoms with Crippen LogP contribution in [-0.4, -0.2) is 61.1 Å². The Morgan fingerprint density at radius 3 is 2.36 bits per heavy atom. The van der Waals surface area contributed by atoms with Gasteiger partial charge in [0.15, 0.2) is 5.13 Å². The number of anilines is 1. The van der Waals surface area contributed by atoms with Gasteiger partial charge in [-0.1, -0.05) is 37.3 Å². The van der Waals surface area contributed by atoms with Gasteiger partial charge in [-0.05, 0) is 32.0 Å². The molecule has 0 spiro atoms. The van der Waals surface area contributed by atoms with E-state index in [1.807, 2.05) is 11.3 Å². The SMILES string of the molecule is Br.Br.Br.CCCN1CCN(c2ncc(CCN(C)Cc3ccccc3)s2)CC1. The lowest BCUT2D eigenvalue weighted by molar-refractivity contribution is 0.258. The molecule has 4 nitrogen and oxygen atoms in total. The molecular weight excluding hydrogens is 568 g/mol. The maximum atomic E-state index is 4.68. The minimum atomic E-state index is 0. The first kappa shape index (κ1) is 28.0. The lowest BCUT2D eigenvalue weighted by Crippen LogP contribution is -2.46. The molecule has 1 aliphatic rings. The number of halogens is 3. The molecule has 1 aromatic heterocycles. The highest BCUT2D eigenvalue weighted by Gasteiger charge is 2.18. The largest absolute Gasteiger partial charge is 0.346 e. The minimum absolute atomic E-state index is 0. The Labute approximate surface area is 205 Å². The molecule has 3 rings (SSSR count). The standard InChI is InChI=1S/C20H30N4S.3BrH/c1-3-10-23-12-14-24(15-13-23)20-21-16-19(25-20)9-11-22(2)17-18-7-5-4-6-8-18;;;/h4-8,16H,3,9-15,17H2,1-2H3;3*1H. The van der Waals surface area contributed by atoms with Crippen LogP contribution >= 0.6 is 62.3 Å². The average Bonchev–Trinajstić information content (AvgIpc) is 3.11. The summed E-state index contributed by atoms with van der Waals surface area (Å²) in [6.45, 7) is 10.1. The van der Waals surface area contributed by atoms with Crippen molar-refractivity contribution in [1.29, 1.82) is 0 Å². The molecule has 0 unspecified atom stereocenters. The van der Waals surface area contributed by atoms with Crippen molar-refractivity contribution in [3.63, 3.8) is 0 Å². The molecule has 0 amide bonds. The van der Waals surface area contributed by atoms with E-state index in [0.717, 1.165) is 32.6 Å². The van der Waals surface area contributed by atoms with E-state index in [0.29, 0.717) is 0 Å². The monoisotopic (exact) mass is 598 g/mol. The fraction of sp³-hybridized carbons (Fsp3) is 0.550. The van der Waals surface area contributed by atoms with Crippen molar-refractivity contribution in [1.82, 2.24) is 14.8 Å². The van der Waals surface area contributed by atoms with Gasteiger partial charge in [-0.2, -0.15) is 0 Å². The number of likely N-dealkylation sites (N-methyl/N-ethyl adjacent to an activating group) is 1. The molecule has 8 heteroatoms. The van der Waals surface area contributed by atoms with E-state index in [-0.39, 0.29) is 50.9 Å². The number of aromatic nitrogens is 1. The molecule has 28 heavy (non-hydrogen) atoms. The maximum absolute atomic E-state index is 4.68. The van der Waals surface area contributed by atoms with Gasteiger partial charge in [0, 0.05) is 50.3 Å². The fourth-order valence-electron chi connectivity index (χ4n) is 3.31. The number of rotatable bonds is 8. The van der Waals surface area contributed by atoms with Crippen molar-refractivity contribution >= 4 is 67.4 Å². The first-order valence-electron chi connectivity index (χ1n) is 9.39. The van der Waals surface area contributed by atoms with Gasteiger partial charge in [-0.15, -0.1) is 62.3 Å². The summed E-state index contributed by atoms with van der Waals surface area (Å²) in [5, 5.41) is 1.21. The van der Waals surface area contributed by atoms with Crippen LogP contribution in [0.4, 0.5) is 5.13 Å². The molecule has 2 aromatic rings. The number of thiazole rings is 1. The highest BCUT2D eigenvalue weighted by Crippen LogP contribution is 2.24. The summed E-state index contributed by atoms with van der Waals surface area (Å²) in [5.74, 6) is 0. The summed E-state index contributed by atoms with van der Waals surface area (Å²) in [6.07, 6.45) is 4.41. The number of hydrogen-bond acceptors (Lipinski definition) is 5. The van der Waals surface area contributed by atoms with Crippen LogP contribution in [-0.2, 0) is 13.0 Å². The molecule has 1 saturated heterocycles. The van der Waals surface area contributed by atoms with Gasteiger partial charge < -0.3 is 9.80 Å². The Bertz CT molecular complexity index is 633. The lowest BCUT2D eigenvalue weighted by Gasteiger charge is -2.34. The first-order valence-corrected chi connectivity index (χ1v) is 10.2. The zero-order valence-corrected chi connectivity index (χ0v) is 22.7. The molecule has 0 saturated carbocycles. The van der Waals surface area contributed by atoms with Crippen molar-refractivity contribution < 1.29 is 0 Å². The zero-order valence-electron chi connectivity index (χ0n) is 16.7. The van der Waals surface area contributed by atoms with Crippen LogP contribution in [0.2, 0.25) is 0 Å². The molecule has 1 aromatic carbocycles. The van der Waals surface area contributed by atoms with Crippen molar-refractivity contribution in [3.05, 3.63) is 47.0 Å². The fourth-order valence-corrected chi connectivity index (χ4v) is 4.26. The Kier molecular flexibility index (Phi) is 14.9. The summed E-state index contributed by atoms with van der Waals surface area (Å²) in [6, 6.07) is 10.7. The predicted octanol–water partition coefficient (Wildman–Crippen LogP) is 5.08. The average molecular weight is 601 g/mol. The third kappa shape index (κ3) is 8.79. The van der Waals surface area contributed by atoms with Gasteiger partial charge in [-0.25, -0.2) is 4.98 Å². The Balaban J connectivity index is 0.00000243. The first-order chi connectivity index (χ1) is 12.2. The smallest absolute Gasteiger partial charge is 0.185 e. The van der Waals surface area contributed by atoms with Crippen LogP contribution in [0.3, 0.4) is 0 Å². The van der Waals surface area contributed by atoms with E-state index in [4.69, 9.17) is 0 Å². The molecule has 0 bridgehead atoms. The van der Waals surface area contributed by atoms with E-state index in [2.05, 4.69) is 70.2 Å². The number of benzene rings is 1. The quantitative estimate of drug-likeness (QED) is 0.421. The molecule has 0 aliphatic carbocycles. The summed E-state index contributed by atoms with van der Waals surface area (Å²) in [7, 11) is 2.20. The second-order valence-corrected chi connectivity index (χ2v) is 8.00. The summed E-state index contributed by atoms with van der Waals surface area (Å²) >= 11 is 1.87. The second kappa shape index (κ2) is 14.9. The molecule has 0 atom stereocenters. The predicted molar refractivity (Wildman–Crippen MR) is 139 cm³/mol. The molecule has 0 N–H and O–H groups in total. The van der Waals surface area contributed by atoms with Crippen molar-refractivity contribution in [2.24, 2.45) is 0 Å². The van der Waals surface area contributed by atoms with Crippen molar-refractivity contribution in [2.75, 3.05) is 51.2 Å². The van der Waals surface area contributed by atoms with Crippen molar-refractivity contribution in [2.45, 2.75) is 26.3 Å². The molecule has 1 aliphatic heterocycles. The number of nitrogens with zero attached hydrogens (tertiary/aromatic N) is 4. The summed E-state index contributed by atoms with van der Waals surface area (Å²) in [5.41, 5.74) is 1.37. The van der Waals surface area contributed by atoms with Crippen LogP contribution in [0.5, 0.6) is 0 Å². The third-order valence-corrected chi connectivity index (χ3v) is 5.88. The molecule has 2 heterocycles.